The van der Waals surface area contributed by atoms with Gasteiger partial charge in [-0.3, -0.25) is 4.79 Å². The lowest BCUT2D eigenvalue weighted by Crippen LogP contribution is -2.34. The van der Waals surface area contributed by atoms with Gasteiger partial charge in [-0.05, 0) is 25.7 Å². The summed E-state index contributed by atoms with van der Waals surface area (Å²) in [5, 5.41) is 0. The van der Waals surface area contributed by atoms with Crippen molar-refractivity contribution >= 4 is 11.5 Å². The van der Waals surface area contributed by atoms with Gasteiger partial charge in [0.15, 0.2) is 5.78 Å². The van der Waals surface area contributed by atoms with Gasteiger partial charge in [0.1, 0.15) is 0 Å². The Hall–Kier alpha value is -2.81. The van der Waals surface area contributed by atoms with Gasteiger partial charge in [0.25, 0.3) is 0 Å². The van der Waals surface area contributed by atoms with Crippen LogP contribution in [0.2, 0.25) is 0 Å². The van der Waals surface area contributed by atoms with Gasteiger partial charge in [-0.25, -0.2) is 0 Å². The Morgan fingerprint density at radius 1 is 0.788 bits per heavy atom. The molecule has 2 fully saturated rings. The zero-order chi connectivity index (χ0) is 22.6. The van der Waals surface area contributed by atoms with Gasteiger partial charge in [-0.1, -0.05) is 99.2 Å². The highest BCUT2D eigenvalue weighted by atomic mass is 16.1. The van der Waals surface area contributed by atoms with E-state index < -0.39 is 0 Å². The van der Waals surface area contributed by atoms with Crippen molar-refractivity contribution in [1.82, 2.24) is 4.57 Å². The molecule has 33 heavy (non-hydrogen) atoms. The van der Waals surface area contributed by atoms with Crippen molar-refractivity contribution in [3.8, 4) is 11.3 Å². The van der Waals surface area contributed by atoms with Gasteiger partial charge in [-0.2, -0.15) is 0 Å². The highest BCUT2D eigenvalue weighted by molar-refractivity contribution is 6.14. The molecule has 2 aliphatic rings. The third kappa shape index (κ3) is 4.51. The van der Waals surface area contributed by atoms with Gasteiger partial charge < -0.3 is 9.47 Å². The Kier molecular flexibility index (Phi) is 6.66. The van der Waals surface area contributed by atoms with E-state index in [1.807, 2.05) is 30.3 Å². The number of nitrogens with zero attached hydrogens (tertiary/aromatic N) is 2. The van der Waals surface area contributed by atoms with E-state index >= 15 is 0 Å². The first-order valence-electron chi connectivity index (χ1n) is 12.9. The predicted molar refractivity (Wildman–Crippen MR) is 137 cm³/mol. The molecule has 0 aliphatic heterocycles. The maximum absolute atomic E-state index is 13.9. The number of rotatable bonds is 6. The lowest BCUT2D eigenvalue weighted by Gasteiger charge is -2.34. The number of ketones is 1. The lowest BCUT2D eigenvalue weighted by atomic mass is 9.92. The standard InChI is InChI=1S/C30H36N2O/c1-31(25-18-10-4-11-19-25)29-27(30(33)24-16-8-3-9-17-24)22-32(26-20-12-5-13-21-26)28(29)23-14-6-2-7-15-23/h2-3,6-9,14-17,22,25-26H,4-5,10-13,18-21H2,1H3. The predicted octanol–water partition coefficient (Wildman–Crippen LogP) is 7.66. The van der Waals surface area contributed by atoms with Crippen LogP contribution in [0.1, 0.15) is 86.2 Å². The Bertz CT molecular complexity index is 1060. The van der Waals surface area contributed by atoms with Gasteiger partial charge in [0, 0.05) is 36.5 Å². The number of hydrogen-bond acceptors (Lipinski definition) is 2. The smallest absolute Gasteiger partial charge is 0.196 e. The molecular weight excluding hydrogens is 404 g/mol. The van der Waals surface area contributed by atoms with E-state index in [-0.39, 0.29) is 5.78 Å². The molecule has 0 bridgehead atoms. The van der Waals surface area contributed by atoms with E-state index in [0.717, 1.165) is 16.8 Å². The molecule has 2 aromatic carbocycles. The molecule has 2 aliphatic carbocycles. The number of carbonyl (C=O) groups is 1. The van der Waals surface area contributed by atoms with Crippen molar-refractivity contribution in [2.75, 3.05) is 11.9 Å². The first kappa shape index (κ1) is 22.0. The van der Waals surface area contributed by atoms with Crippen molar-refractivity contribution < 1.29 is 4.79 Å². The minimum atomic E-state index is 0.139. The summed E-state index contributed by atoms with van der Waals surface area (Å²) < 4.78 is 2.47. The number of aromatic nitrogens is 1. The summed E-state index contributed by atoms with van der Waals surface area (Å²) in [7, 11) is 2.23. The van der Waals surface area contributed by atoms with E-state index in [1.54, 1.807) is 0 Å². The normalized spacial score (nSPS) is 17.7. The molecule has 1 heterocycles. The summed E-state index contributed by atoms with van der Waals surface area (Å²) in [6.07, 6.45) is 14.7. The highest BCUT2D eigenvalue weighted by Gasteiger charge is 2.31. The summed E-state index contributed by atoms with van der Waals surface area (Å²) in [6, 6.07) is 21.5. The zero-order valence-electron chi connectivity index (χ0n) is 19.9. The summed E-state index contributed by atoms with van der Waals surface area (Å²) in [5.74, 6) is 0.139. The third-order valence-corrected chi connectivity index (χ3v) is 7.78. The fraction of sp³-hybridized carbons (Fsp3) is 0.433. The first-order chi connectivity index (χ1) is 16.2. The van der Waals surface area contributed by atoms with Crippen LogP contribution in [0.25, 0.3) is 11.3 Å². The van der Waals surface area contributed by atoms with Gasteiger partial charge in [-0.15, -0.1) is 0 Å². The molecule has 2 saturated carbocycles. The topological polar surface area (TPSA) is 25.2 Å². The second-order valence-corrected chi connectivity index (χ2v) is 9.90. The minimum absolute atomic E-state index is 0.139. The monoisotopic (exact) mass is 440 g/mol. The second kappa shape index (κ2) is 9.99. The van der Waals surface area contributed by atoms with Crippen LogP contribution in [-0.2, 0) is 0 Å². The van der Waals surface area contributed by atoms with E-state index in [9.17, 15) is 4.79 Å². The number of anilines is 1. The van der Waals surface area contributed by atoms with E-state index in [1.165, 1.54) is 75.5 Å². The van der Waals surface area contributed by atoms with Crippen molar-refractivity contribution in [1.29, 1.82) is 0 Å². The van der Waals surface area contributed by atoms with Crippen molar-refractivity contribution in [3.05, 3.63) is 78.0 Å². The van der Waals surface area contributed by atoms with Crippen molar-refractivity contribution in [2.24, 2.45) is 0 Å². The molecule has 0 N–H and O–H groups in total. The molecule has 0 atom stereocenters. The van der Waals surface area contributed by atoms with Crippen LogP contribution in [0.15, 0.2) is 66.9 Å². The Morgan fingerprint density at radius 3 is 2.00 bits per heavy atom. The van der Waals surface area contributed by atoms with Crippen molar-refractivity contribution in [2.45, 2.75) is 76.3 Å². The molecule has 0 saturated heterocycles. The maximum Gasteiger partial charge on any atom is 0.196 e. The van der Waals surface area contributed by atoms with Gasteiger partial charge in [0.05, 0.1) is 16.9 Å². The van der Waals surface area contributed by atoms with Crippen molar-refractivity contribution in [3.63, 3.8) is 0 Å². The zero-order valence-corrected chi connectivity index (χ0v) is 19.9. The summed E-state index contributed by atoms with van der Waals surface area (Å²) in [6.45, 7) is 0. The van der Waals surface area contributed by atoms with Crippen LogP contribution in [0, 0.1) is 0 Å². The number of carbonyl (C=O) groups excluding carboxylic acids is 1. The van der Waals surface area contributed by atoms with Crippen LogP contribution >= 0.6 is 0 Å². The highest BCUT2D eigenvalue weighted by Crippen LogP contribution is 2.43. The number of hydrogen-bond donors (Lipinski definition) is 0. The van der Waals surface area contributed by atoms with E-state index in [0.29, 0.717) is 12.1 Å². The van der Waals surface area contributed by atoms with E-state index in [2.05, 4.69) is 53.0 Å². The minimum Gasteiger partial charge on any atom is -0.369 e. The average molecular weight is 441 g/mol. The molecule has 3 aromatic rings. The van der Waals surface area contributed by atoms with Crippen LogP contribution in [0.3, 0.4) is 0 Å². The number of benzene rings is 2. The fourth-order valence-corrected chi connectivity index (χ4v) is 5.96. The molecular formula is C30H36N2O. The van der Waals surface area contributed by atoms with Crippen LogP contribution in [-0.4, -0.2) is 23.4 Å². The van der Waals surface area contributed by atoms with E-state index in [4.69, 9.17) is 0 Å². The molecule has 172 valence electrons. The summed E-state index contributed by atoms with van der Waals surface area (Å²) >= 11 is 0. The summed E-state index contributed by atoms with van der Waals surface area (Å²) in [4.78, 5) is 16.3. The molecule has 1 aromatic heterocycles. The van der Waals surface area contributed by atoms with Crippen LogP contribution in [0.5, 0.6) is 0 Å². The largest absolute Gasteiger partial charge is 0.369 e. The molecule has 3 nitrogen and oxygen atoms in total. The Balaban J connectivity index is 1.70. The maximum atomic E-state index is 13.9. The molecule has 0 unspecified atom stereocenters. The Morgan fingerprint density at radius 2 is 1.36 bits per heavy atom. The molecule has 0 spiro atoms. The first-order valence-corrected chi connectivity index (χ1v) is 12.9. The lowest BCUT2D eigenvalue weighted by molar-refractivity contribution is 0.103. The average Bonchev–Trinajstić information content (AvgIpc) is 3.30. The molecule has 5 rings (SSSR count). The molecule has 0 radical (unpaired) electrons. The third-order valence-electron chi connectivity index (χ3n) is 7.78. The Labute approximate surface area is 198 Å². The van der Waals surface area contributed by atoms with Crippen LogP contribution < -0.4 is 4.90 Å². The summed E-state index contributed by atoms with van der Waals surface area (Å²) in [5.41, 5.74) is 5.21. The quantitative estimate of drug-likeness (QED) is 0.368. The van der Waals surface area contributed by atoms with Crippen LogP contribution in [0.4, 0.5) is 5.69 Å². The fourth-order valence-electron chi connectivity index (χ4n) is 5.96. The van der Waals surface area contributed by atoms with Gasteiger partial charge in [0.2, 0.25) is 0 Å². The molecule has 3 heteroatoms. The second-order valence-electron chi connectivity index (χ2n) is 9.90. The SMILES string of the molecule is CN(c1c(C(=O)c2ccccc2)cn(C2CCCCC2)c1-c1ccccc1)C1CCCCC1. The molecule has 0 amide bonds. The van der Waals surface area contributed by atoms with Gasteiger partial charge >= 0.3 is 0 Å².